The molecule has 4 aromatic heterocycles. The third kappa shape index (κ3) is 4.36. The van der Waals surface area contributed by atoms with Gasteiger partial charge in [-0.3, -0.25) is 14.9 Å². The molecule has 0 aliphatic carbocycles. The Bertz CT molecular complexity index is 1660. The summed E-state index contributed by atoms with van der Waals surface area (Å²) in [4.78, 5) is 31.8. The number of benzene rings is 1. The van der Waals surface area contributed by atoms with Gasteiger partial charge in [0.2, 0.25) is 5.91 Å². The number of hydrogen-bond acceptors (Lipinski definition) is 6. The molecule has 1 aromatic carbocycles. The van der Waals surface area contributed by atoms with Gasteiger partial charge in [-0.1, -0.05) is 20.8 Å². The lowest BCUT2D eigenvalue weighted by molar-refractivity contribution is -0.123. The average Bonchev–Trinajstić information content (AvgIpc) is 3.52. The summed E-state index contributed by atoms with van der Waals surface area (Å²) in [5.41, 5.74) is 3.66. The number of halogens is 1. The first-order chi connectivity index (χ1) is 18.3. The number of fused-ring (bicyclic) bond motifs is 2. The summed E-state index contributed by atoms with van der Waals surface area (Å²) in [6, 6.07) is 6.79. The molecule has 0 atom stereocenters. The number of anilines is 2. The van der Waals surface area contributed by atoms with Gasteiger partial charge in [-0.25, -0.2) is 14.4 Å². The number of nitrogens with one attached hydrogen (secondary N) is 3. The van der Waals surface area contributed by atoms with Gasteiger partial charge < -0.3 is 15.2 Å². The van der Waals surface area contributed by atoms with Gasteiger partial charge in [0.15, 0.2) is 11.6 Å². The highest BCUT2D eigenvalue weighted by Gasteiger charge is 2.23. The number of aromatic amines is 2. The standard InChI is InChI=1S/C28H29FN8O/c1-28(2,3)27(38)32-17-11-16(14-30-15-17)18-12-19-22(13-20(18)29)35-36-23(19)25-33-21-7-8-31-26(24(21)34-25)37-9-5-4-6-10-37/h7-8,11-15H,4-6,9-10H2,1-3H3,(H,32,38)(H,33,34)(H,35,36). The van der Waals surface area contributed by atoms with Crippen molar-refractivity contribution in [2.45, 2.75) is 40.0 Å². The van der Waals surface area contributed by atoms with Crippen molar-refractivity contribution in [1.82, 2.24) is 30.1 Å². The molecule has 0 saturated carbocycles. The predicted molar refractivity (Wildman–Crippen MR) is 146 cm³/mol. The second-order valence-electron chi connectivity index (χ2n) is 10.8. The Balaban J connectivity index is 1.40. The minimum absolute atomic E-state index is 0.146. The molecule has 3 N–H and O–H groups in total. The zero-order valence-corrected chi connectivity index (χ0v) is 21.6. The smallest absolute Gasteiger partial charge is 0.229 e. The van der Waals surface area contributed by atoms with Crippen LogP contribution in [0.1, 0.15) is 40.0 Å². The molecule has 194 valence electrons. The van der Waals surface area contributed by atoms with E-state index in [9.17, 15) is 4.79 Å². The number of carbonyl (C=O) groups excluding carboxylic acids is 1. The molecule has 1 aliphatic heterocycles. The molecule has 9 nitrogen and oxygen atoms in total. The van der Waals surface area contributed by atoms with E-state index in [0.29, 0.717) is 33.8 Å². The topological polar surface area (TPSA) is 115 Å². The van der Waals surface area contributed by atoms with Crippen molar-refractivity contribution in [1.29, 1.82) is 0 Å². The molecule has 6 rings (SSSR count). The maximum atomic E-state index is 15.2. The summed E-state index contributed by atoms with van der Waals surface area (Å²) in [5, 5.41) is 11.0. The van der Waals surface area contributed by atoms with Crippen LogP contribution in [0.3, 0.4) is 0 Å². The molecule has 1 fully saturated rings. The van der Waals surface area contributed by atoms with Gasteiger partial charge in [-0.15, -0.1) is 0 Å². The lowest BCUT2D eigenvalue weighted by Crippen LogP contribution is -2.30. The lowest BCUT2D eigenvalue weighted by Gasteiger charge is -2.27. The first kappa shape index (κ1) is 24.0. The van der Waals surface area contributed by atoms with Crippen LogP contribution in [0.4, 0.5) is 15.9 Å². The second-order valence-corrected chi connectivity index (χ2v) is 10.8. The van der Waals surface area contributed by atoms with Crippen LogP contribution < -0.4 is 10.2 Å². The summed E-state index contributed by atoms with van der Waals surface area (Å²) in [5.74, 6) is 0.888. The first-order valence-corrected chi connectivity index (χ1v) is 12.8. The zero-order chi connectivity index (χ0) is 26.4. The molecule has 1 saturated heterocycles. The summed E-state index contributed by atoms with van der Waals surface area (Å²) in [6.45, 7) is 7.42. The molecule has 5 heterocycles. The SMILES string of the molecule is CC(C)(C)C(=O)Nc1cncc(-c2cc3c(-c4nc5c(N6CCCCC6)nccc5[nH]4)n[nH]c3cc2F)c1. The van der Waals surface area contributed by atoms with Crippen LogP contribution in [0, 0.1) is 11.2 Å². The second kappa shape index (κ2) is 9.20. The molecule has 5 aromatic rings. The number of carbonyl (C=O) groups is 1. The molecule has 0 radical (unpaired) electrons. The Hall–Kier alpha value is -4.34. The monoisotopic (exact) mass is 512 g/mol. The molecular weight excluding hydrogens is 483 g/mol. The van der Waals surface area contributed by atoms with Crippen molar-refractivity contribution in [3.8, 4) is 22.6 Å². The van der Waals surface area contributed by atoms with Crippen molar-refractivity contribution in [2.24, 2.45) is 5.41 Å². The number of amides is 1. The summed E-state index contributed by atoms with van der Waals surface area (Å²) in [6.07, 6.45) is 8.44. The normalized spacial score (nSPS) is 14.4. The summed E-state index contributed by atoms with van der Waals surface area (Å²) in [7, 11) is 0. The molecular formula is C28H29FN8O. The molecule has 10 heteroatoms. The fraction of sp³-hybridized carbons (Fsp3) is 0.321. The third-order valence-corrected chi connectivity index (χ3v) is 6.90. The lowest BCUT2D eigenvalue weighted by atomic mass is 9.95. The number of nitrogens with zero attached hydrogens (tertiary/aromatic N) is 5. The third-order valence-electron chi connectivity index (χ3n) is 6.90. The van der Waals surface area contributed by atoms with E-state index in [4.69, 9.17) is 4.98 Å². The number of H-pyrrole nitrogens is 2. The van der Waals surface area contributed by atoms with Crippen LogP contribution >= 0.6 is 0 Å². The number of piperidine rings is 1. The van der Waals surface area contributed by atoms with E-state index in [1.807, 2.05) is 26.8 Å². The Morgan fingerprint density at radius 1 is 1.08 bits per heavy atom. The first-order valence-electron chi connectivity index (χ1n) is 12.8. The van der Waals surface area contributed by atoms with Crippen LogP contribution in [0.5, 0.6) is 0 Å². The summed E-state index contributed by atoms with van der Waals surface area (Å²) >= 11 is 0. The zero-order valence-electron chi connectivity index (χ0n) is 21.6. The van der Waals surface area contributed by atoms with E-state index in [0.717, 1.165) is 48.2 Å². The van der Waals surface area contributed by atoms with Gasteiger partial charge in [-0.05, 0) is 37.5 Å². The fourth-order valence-electron chi connectivity index (χ4n) is 4.78. The van der Waals surface area contributed by atoms with Crippen LogP contribution in [0.2, 0.25) is 0 Å². The Labute approximate surface area is 218 Å². The van der Waals surface area contributed by atoms with E-state index in [2.05, 4.69) is 35.4 Å². The van der Waals surface area contributed by atoms with Crippen molar-refractivity contribution >= 4 is 39.3 Å². The van der Waals surface area contributed by atoms with Crippen molar-refractivity contribution in [3.63, 3.8) is 0 Å². The van der Waals surface area contributed by atoms with Gasteiger partial charge in [0.25, 0.3) is 0 Å². The van der Waals surface area contributed by atoms with E-state index >= 15 is 4.39 Å². The van der Waals surface area contributed by atoms with E-state index in [1.54, 1.807) is 30.7 Å². The number of aromatic nitrogens is 6. The Morgan fingerprint density at radius 2 is 1.89 bits per heavy atom. The fourth-order valence-corrected chi connectivity index (χ4v) is 4.78. The van der Waals surface area contributed by atoms with Crippen molar-refractivity contribution in [3.05, 3.63) is 48.7 Å². The average molecular weight is 513 g/mol. The minimum atomic E-state index is -0.568. The van der Waals surface area contributed by atoms with Crippen molar-refractivity contribution in [2.75, 3.05) is 23.3 Å². The van der Waals surface area contributed by atoms with Gasteiger partial charge in [0.05, 0.1) is 22.9 Å². The van der Waals surface area contributed by atoms with Gasteiger partial charge in [0, 0.05) is 53.5 Å². The highest BCUT2D eigenvalue weighted by Crippen LogP contribution is 2.34. The van der Waals surface area contributed by atoms with E-state index in [-0.39, 0.29) is 5.91 Å². The van der Waals surface area contributed by atoms with Crippen LogP contribution in [-0.2, 0) is 4.79 Å². The number of rotatable bonds is 4. The van der Waals surface area contributed by atoms with E-state index in [1.165, 1.54) is 12.5 Å². The molecule has 0 spiro atoms. The Kier molecular flexibility index (Phi) is 5.81. The van der Waals surface area contributed by atoms with Crippen molar-refractivity contribution < 1.29 is 9.18 Å². The maximum Gasteiger partial charge on any atom is 0.229 e. The van der Waals surface area contributed by atoms with Crippen LogP contribution in [-0.4, -0.2) is 49.1 Å². The number of imidazole rings is 1. The summed E-state index contributed by atoms with van der Waals surface area (Å²) < 4.78 is 15.2. The van der Waals surface area contributed by atoms with Gasteiger partial charge >= 0.3 is 0 Å². The highest BCUT2D eigenvalue weighted by molar-refractivity contribution is 5.98. The molecule has 0 bridgehead atoms. The molecule has 1 amide bonds. The maximum absolute atomic E-state index is 15.2. The van der Waals surface area contributed by atoms with Crippen LogP contribution in [0.15, 0.2) is 42.9 Å². The van der Waals surface area contributed by atoms with Gasteiger partial charge in [0.1, 0.15) is 17.0 Å². The minimum Gasteiger partial charge on any atom is -0.355 e. The van der Waals surface area contributed by atoms with Gasteiger partial charge in [-0.2, -0.15) is 5.10 Å². The highest BCUT2D eigenvalue weighted by atomic mass is 19.1. The molecule has 0 unspecified atom stereocenters. The van der Waals surface area contributed by atoms with Crippen LogP contribution in [0.25, 0.3) is 44.6 Å². The van der Waals surface area contributed by atoms with E-state index < -0.39 is 11.2 Å². The predicted octanol–water partition coefficient (Wildman–Crippen LogP) is 5.68. The Morgan fingerprint density at radius 3 is 2.68 bits per heavy atom. The largest absolute Gasteiger partial charge is 0.355 e. The molecule has 38 heavy (non-hydrogen) atoms. The number of pyridine rings is 2. The molecule has 1 aliphatic rings. The number of hydrogen-bond donors (Lipinski definition) is 3. The quantitative estimate of drug-likeness (QED) is 0.285.